The number of hydrogen-bond acceptors (Lipinski definition) is 4. The van der Waals surface area contributed by atoms with Gasteiger partial charge in [-0.25, -0.2) is 0 Å². The van der Waals surface area contributed by atoms with Gasteiger partial charge in [-0.15, -0.1) is 24.3 Å². The average molecular weight is 818 g/mol. The predicted molar refractivity (Wildman–Crippen MR) is 230 cm³/mol. The molecular formula is C50H66N2O2Zr. The zero-order valence-electron chi connectivity index (χ0n) is 35.7. The minimum absolute atomic E-state index is 0. The molecule has 0 bridgehead atoms. The molecule has 5 rings (SSSR count). The Labute approximate surface area is 353 Å². The topological polar surface area (TPSA) is 56.6 Å². The van der Waals surface area contributed by atoms with E-state index in [4.69, 9.17) is 0 Å². The van der Waals surface area contributed by atoms with Crippen molar-refractivity contribution in [3.8, 4) is 11.5 Å². The molecule has 4 nitrogen and oxygen atoms in total. The second kappa shape index (κ2) is 19.9. The van der Waals surface area contributed by atoms with Crippen molar-refractivity contribution in [3.63, 3.8) is 0 Å². The van der Waals surface area contributed by atoms with Crippen LogP contribution < -0.4 is 0 Å². The summed E-state index contributed by atoms with van der Waals surface area (Å²) in [5.74, 6) is 0.712. The fourth-order valence-electron chi connectivity index (χ4n) is 5.97. The van der Waals surface area contributed by atoms with E-state index in [1.54, 1.807) is 0 Å². The molecule has 1 aromatic heterocycles. The third kappa shape index (κ3) is 15.0. The Morgan fingerprint density at radius 2 is 0.855 bits per heavy atom. The minimum atomic E-state index is -0.202. The molecule has 0 radical (unpaired) electrons. The molecule has 0 spiro atoms. The normalized spacial score (nSPS) is 11.8. The van der Waals surface area contributed by atoms with E-state index in [0.29, 0.717) is 31.1 Å². The van der Waals surface area contributed by atoms with Gasteiger partial charge in [-0.2, -0.15) is 49.2 Å². The maximum absolute atomic E-state index is 11.6. The summed E-state index contributed by atoms with van der Waals surface area (Å²) in [5.41, 5.74) is 8.69. The average Bonchev–Trinajstić information content (AvgIpc) is 3.06. The van der Waals surface area contributed by atoms with Gasteiger partial charge in [0.25, 0.3) is 0 Å². The third-order valence-electron chi connectivity index (χ3n) is 9.31. The molecule has 0 aliphatic carbocycles. The Hall–Kier alpha value is -3.79. The van der Waals surface area contributed by atoms with Crippen LogP contribution in [-0.4, -0.2) is 20.1 Å². The van der Waals surface area contributed by atoms with Gasteiger partial charge >= 0.3 is 26.2 Å². The molecule has 0 atom stereocenters. The van der Waals surface area contributed by atoms with Crippen molar-refractivity contribution in [2.75, 3.05) is 0 Å². The van der Waals surface area contributed by atoms with Gasteiger partial charge in [-0.05, 0) is 56.0 Å². The Kier molecular flexibility index (Phi) is 17.1. The number of phenolic OH excluding ortho intramolecular Hbond substituents is 2. The summed E-state index contributed by atoms with van der Waals surface area (Å²) < 4.78 is 0. The summed E-state index contributed by atoms with van der Waals surface area (Å²) in [5, 5.41) is 23.1. The first-order valence-electron chi connectivity index (χ1n) is 19.1. The molecule has 0 saturated carbocycles. The number of nitrogens with zero attached hydrogens (tertiary/aromatic N) is 2. The maximum atomic E-state index is 11.6. The van der Waals surface area contributed by atoms with E-state index in [-0.39, 0.29) is 47.9 Å². The summed E-state index contributed by atoms with van der Waals surface area (Å²) in [7, 11) is 0. The van der Waals surface area contributed by atoms with E-state index >= 15 is 0 Å². The molecule has 0 aliphatic rings. The first-order valence-corrected chi connectivity index (χ1v) is 19.1. The quantitative estimate of drug-likeness (QED) is 0.168. The van der Waals surface area contributed by atoms with Crippen molar-refractivity contribution in [1.82, 2.24) is 9.88 Å². The van der Waals surface area contributed by atoms with Gasteiger partial charge in [0.2, 0.25) is 0 Å². The van der Waals surface area contributed by atoms with Gasteiger partial charge in [0.1, 0.15) is 11.5 Å². The largest absolute Gasteiger partial charge is 2.00 e. The van der Waals surface area contributed by atoms with E-state index in [9.17, 15) is 10.2 Å². The third-order valence-corrected chi connectivity index (χ3v) is 9.31. The molecule has 4 aromatic carbocycles. The summed E-state index contributed by atoms with van der Waals surface area (Å²) in [6.07, 6.45) is 1.82. The van der Waals surface area contributed by atoms with E-state index < -0.39 is 0 Å². The zero-order chi connectivity index (χ0) is 40.5. The molecule has 5 heteroatoms. The van der Waals surface area contributed by atoms with Gasteiger partial charge in [-0.3, -0.25) is 9.88 Å². The SMILES string of the molecule is CC(C)(C)c1cc(CN(Cc2ccccn2)Cc2cc(C(C)(C)C)cc(C(C)(C)C)c2O)c(O)c(C(C)(C)C)c1.[CH2-]c1ccccc1.[CH2-]c1ccccc1.[Zr+2]. The summed E-state index contributed by atoms with van der Waals surface area (Å²) in [6.45, 7) is 35.3. The summed E-state index contributed by atoms with van der Waals surface area (Å²) in [6, 6.07) is 34.3. The molecule has 0 unspecified atom stereocenters. The number of aromatic nitrogens is 1. The molecule has 5 aromatic rings. The second-order valence-electron chi connectivity index (χ2n) is 18.5. The van der Waals surface area contributed by atoms with Crippen LogP contribution in [0.25, 0.3) is 0 Å². The van der Waals surface area contributed by atoms with Gasteiger partial charge in [-0.1, -0.05) is 126 Å². The molecule has 292 valence electrons. The Morgan fingerprint density at radius 3 is 1.13 bits per heavy atom. The van der Waals surface area contributed by atoms with Crippen LogP contribution in [0.15, 0.2) is 109 Å². The van der Waals surface area contributed by atoms with Crippen LogP contribution in [-0.2, 0) is 67.5 Å². The number of pyridine rings is 1. The molecule has 55 heavy (non-hydrogen) atoms. The van der Waals surface area contributed by atoms with Gasteiger partial charge in [0.05, 0.1) is 5.69 Å². The number of rotatable bonds is 6. The molecule has 0 amide bonds. The summed E-state index contributed by atoms with van der Waals surface area (Å²) in [4.78, 5) is 6.89. The van der Waals surface area contributed by atoms with E-state index in [0.717, 1.165) is 39.1 Å². The number of aromatic hydroxyl groups is 2. The van der Waals surface area contributed by atoms with Crippen molar-refractivity contribution in [2.24, 2.45) is 0 Å². The Morgan fingerprint density at radius 1 is 0.491 bits per heavy atom. The van der Waals surface area contributed by atoms with Crippen LogP contribution in [0.5, 0.6) is 11.5 Å². The number of phenols is 2. The second-order valence-corrected chi connectivity index (χ2v) is 18.5. The standard InChI is InChI=1S/C36H52N2O2.2C7H7.Zr/c1-33(2,3)26-17-24(31(39)29(19-26)35(7,8)9)21-38(23-28-15-13-14-16-37-28)22-25-18-27(34(4,5)6)20-30(32(25)40)36(10,11)12;2*1-7-5-3-2-4-6-7;/h13-20,39-40H,21-23H2,1-12H3;2*2-6H,1H2;/q;2*-1;+2. The molecule has 0 saturated heterocycles. The van der Waals surface area contributed by atoms with Crippen molar-refractivity contribution in [1.29, 1.82) is 0 Å². The number of hydrogen-bond donors (Lipinski definition) is 2. The fraction of sp³-hybridized carbons (Fsp3) is 0.380. The van der Waals surface area contributed by atoms with Crippen LogP contribution in [0.1, 0.15) is 133 Å². The van der Waals surface area contributed by atoms with Crippen molar-refractivity contribution in [2.45, 2.75) is 124 Å². The molecule has 0 aliphatic heterocycles. The van der Waals surface area contributed by atoms with E-state index in [1.165, 1.54) is 11.1 Å². The maximum Gasteiger partial charge on any atom is 2.00 e. The summed E-state index contributed by atoms with van der Waals surface area (Å²) >= 11 is 0. The Balaban J connectivity index is 0.000000577. The van der Waals surface area contributed by atoms with Crippen LogP contribution >= 0.6 is 0 Å². The van der Waals surface area contributed by atoms with Crippen LogP contribution in [0, 0.1) is 13.8 Å². The van der Waals surface area contributed by atoms with Gasteiger partial charge in [0, 0.05) is 37.0 Å². The monoisotopic (exact) mass is 816 g/mol. The van der Waals surface area contributed by atoms with Crippen LogP contribution in [0.2, 0.25) is 0 Å². The minimum Gasteiger partial charge on any atom is -0.507 e. The van der Waals surface area contributed by atoms with Gasteiger partial charge in [0.15, 0.2) is 0 Å². The number of benzene rings is 4. The molecule has 1 heterocycles. The predicted octanol–water partition coefficient (Wildman–Crippen LogP) is 12.6. The molecule has 2 N–H and O–H groups in total. The van der Waals surface area contributed by atoms with Gasteiger partial charge < -0.3 is 10.2 Å². The van der Waals surface area contributed by atoms with Crippen molar-refractivity contribution in [3.05, 3.63) is 173 Å². The first kappa shape index (κ1) is 47.4. The first-order chi connectivity index (χ1) is 25.0. The van der Waals surface area contributed by atoms with Crippen LogP contribution in [0.4, 0.5) is 0 Å². The van der Waals surface area contributed by atoms with Crippen LogP contribution in [0.3, 0.4) is 0 Å². The van der Waals surface area contributed by atoms with E-state index in [2.05, 4.69) is 131 Å². The fourth-order valence-corrected chi connectivity index (χ4v) is 5.97. The van der Waals surface area contributed by atoms with E-state index in [1.807, 2.05) is 85.1 Å². The zero-order valence-corrected chi connectivity index (χ0v) is 38.2. The molecule has 0 fully saturated rings. The smallest absolute Gasteiger partial charge is 0.507 e. The van der Waals surface area contributed by atoms with Crippen molar-refractivity contribution >= 4 is 0 Å². The molecular weight excluding hydrogens is 752 g/mol. The Bertz CT molecular complexity index is 1770. The van der Waals surface area contributed by atoms with Crippen molar-refractivity contribution < 1.29 is 36.4 Å².